The van der Waals surface area contributed by atoms with Crippen molar-refractivity contribution >= 4 is 45.1 Å². The molecule has 20 heteroatoms. The van der Waals surface area contributed by atoms with Crippen LogP contribution in [0, 0.1) is 111 Å². The number of ketones is 2. The summed E-state index contributed by atoms with van der Waals surface area (Å²) in [6.07, 6.45) is 11.6. The number of fused-ring (bicyclic) bond motifs is 8. The van der Waals surface area contributed by atoms with Crippen molar-refractivity contribution in [2.24, 2.45) is 116 Å². The summed E-state index contributed by atoms with van der Waals surface area (Å²) in [5, 5.41) is 118. The van der Waals surface area contributed by atoms with E-state index in [0.29, 0.717) is 30.1 Å². The third-order valence-corrected chi connectivity index (χ3v) is 28.7. The topological polar surface area (TPSA) is 335 Å². The van der Waals surface area contributed by atoms with Crippen LogP contribution in [0.4, 0.5) is 0 Å². The number of nitrogens with zero attached hydrogens (tertiary/aromatic N) is 1. The smallest absolute Gasteiger partial charge is 0.314 e. The van der Waals surface area contributed by atoms with Crippen molar-refractivity contribution in [2.45, 2.75) is 190 Å². The van der Waals surface area contributed by atoms with Crippen LogP contribution in [0.2, 0.25) is 0 Å². The quantitative estimate of drug-likeness (QED) is 0.0219. The van der Waals surface area contributed by atoms with Gasteiger partial charge in [0.15, 0.2) is 23.8 Å². The summed E-state index contributed by atoms with van der Waals surface area (Å²) >= 11 is 0. The van der Waals surface area contributed by atoms with E-state index in [0.717, 1.165) is 62.5 Å². The molecule has 1 aromatic heterocycles. The number of H-pyrrole nitrogens is 1. The maximum absolute atomic E-state index is 16.9. The Morgan fingerprint density at radius 2 is 1.69 bits per heavy atom. The number of nitrogens with two attached hydrogens (primary N) is 2. The van der Waals surface area contributed by atoms with Gasteiger partial charge in [-0.2, -0.15) is 0 Å². The van der Waals surface area contributed by atoms with Gasteiger partial charge in [-0.25, -0.2) is 0 Å². The number of phenols is 1. The predicted molar refractivity (Wildman–Crippen MR) is 355 cm³/mol. The average Bonchev–Trinajstić information content (AvgIpc) is 1.64. The fourth-order valence-corrected chi connectivity index (χ4v) is 25.2. The number of guanidine groups is 1. The number of hydrogen-bond acceptors (Lipinski definition) is 17. The standard InChI is InChI=1S/C73H99N5O13S2/c1-4-55-60(58(68(88)91-55)42-22-25-76-33-42)46-12-8-9-41-31-73(90)62-51(21-23-71(73,24-26-77-69(74)75)66(41)70(3,89)56(83)30-49(67(86)87)57-40-17-20-47(46)59(57)48-27-37(2)13-14-39(48)28-40)72(44-10-6-5-7-11-44)32-54(82)64(84)50-36-93-92-35-43(38-15-18-45(80)19-16-38)29-53(81)52(34-79)78-63(62)65(85)61(50)72/h15-20,22,25,28,33,37,40-41,43-44,46-52,54-61,64,66-67,76,78-80,82-84,86-87,89-90H,4-7,9-11,13-14,21,23-24,26-27,29-32,34-36H2,1-3H3,(H4,74,75,77)/t37-,40+,41-,43+,46+,47+,48-,49+,50-,51-,52+,54-,55-,56+,57-,58-,59-,60+,61-,64+,66+,70-,71-,72-,73+/m0/s1. The summed E-state index contributed by atoms with van der Waals surface area (Å²) in [6, 6.07) is 7.24. The Bertz CT molecular complexity index is 3300. The van der Waals surface area contributed by atoms with Crippen molar-refractivity contribution in [1.29, 1.82) is 0 Å². The molecule has 13 rings (SSSR count). The number of rotatable bonds is 10. The van der Waals surface area contributed by atoms with Gasteiger partial charge in [-0.15, -0.1) is 5.92 Å². The summed E-state index contributed by atoms with van der Waals surface area (Å²) in [5.41, 5.74) is 8.82. The van der Waals surface area contributed by atoms with Crippen LogP contribution in [-0.4, -0.2) is 147 Å². The molecule has 25 atom stereocenters. The molecule has 0 radical (unpaired) electrons. The van der Waals surface area contributed by atoms with Gasteiger partial charge in [0.1, 0.15) is 17.9 Å². The Kier molecular flexibility index (Phi) is 18.9. The summed E-state index contributed by atoms with van der Waals surface area (Å²) in [5.74, 6) is -1.10. The van der Waals surface area contributed by atoms with E-state index in [9.17, 15) is 45.6 Å². The number of phenolic OH excluding ortho intramolecular Hbond substituents is 1. The van der Waals surface area contributed by atoms with Gasteiger partial charge in [-0.3, -0.25) is 19.4 Å². The first kappa shape index (κ1) is 66.9. The Labute approximate surface area is 554 Å². The van der Waals surface area contributed by atoms with Crippen LogP contribution in [-0.2, 0) is 19.1 Å². The number of Topliss-reactive ketones (excluding diaryl/α,β-unsaturated/α-hetero) is 2. The fraction of sp³-hybridized carbons (Fsp3) is 0.699. The van der Waals surface area contributed by atoms with Crippen molar-refractivity contribution in [3.8, 4) is 17.6 Å². The van der Waals surface area contributed by atoms with E-state index in [4.69, 9.17) is 16.2 Å². The zero-order valence-electron chi connectivity index (χ0n) is 54.0. The lowest BCUT2D eigenvalue weighted by Gasteiger charge is -2.66. The zero-order valence-corrected chi connectivity index (χ0v) is 55.6. The third-order valence-electron chi connectivity index (χ3n) is 26.2. The molecule has 18 nitrogen and oxygen atoms in total. The minimum Gasteiger partial charge on any atom is -0.508 e. The highest BCUT2D eigenvalue weighted by molar-refractivity contribution is 8.76. The summed E-state index contributed by atoms with van der Waals surface area (Å²) < 4.78 is 6.39. The predicted octanol–water partition coefficient (Wildman–Crippen LogP) is 6.90. The summed E-state index contributed by atoms with van der Waals surface area (Å²) in [4.78, 5) is 54.4. The van der Waals surface area contributed by atoms with Crippen LogP contribution in [0.5, 0.6) is 5.75 Å². The van der Waals surface area contributed by atoms with E-state index in [1.165, 1.54) is 27.2 Å². The molecule has 93 heavy (non-hydrogen) atoms. The molecule has 2 aliphatic heterocycles. The SMILES string of the molecule is CC[C@@H]1OC(=O)[C@@H](c2cc[nH]c2)[C@@H]1[C@@H]1C#CC[C@H]2C[C@@]3(O)C4=C5N[C@H](CO)C(=O)C[C@@H](c6ccc(O)cc6)CSSC[C@@H]6[C@@H](O)[C@@H](O)C[C@@](C7CCCCC7)([C@@H]6C5=O)[C@H]4CC[C@]3(CCN=C(N)N)[C@H]2[C@@](C)(O)[C@H](O)C[C@@H](C(O)O)[C@@H]2[C@@H]3C=C[C@H]1[C@H]2[C@H]1C[C@@H](C)CCC1=C3. The number of aliphatic hydroxyl groups excluding tert-OH is 5. The Morgan fingerprint density at radius 3 is 2.40 bits per heavy atom. The van der Waals surface area contributed by atoms with E-state index in [1.54, 1.807) is 37.4 Å². The van der Waals surface area contributed by atoms with Crippen molar-refractivity contribution < 1.29 is 65.1 Å². The number of carbonyl (C=O) groups is 3. The van der Waals surface area contributed by atoms with E-state index in [-0.39, 0.29) is 116 Å². The number of allylic oxidation sites excluding steroid dienone is 5. The summed E-state index contributed by atoms with van der Waals surface area (Å²) in [7, 11) is 3.01. The molecule has 0 amide bonds. The second-order valence-electron chi connectivity index (χ2n) is 30.6. The van der Waals surface area contributed by atoms with Gasteiger partial charge in [0.05, 0.1) is 47.7 Å². The first-order valence-electron chi connectivity index (χ1n) is 34.9. The van der Waals surface area contributed by atoms with Crippen LogP contribution >= 0.6 is 21.6 Å². The highest BCUT2D eigenvalue weighted by atomic mass is 33.1. The van der Waals surface area contributed by atoms with Gasteiger partial charge < -0.3 is 72.5 Å². The van der Waals surface area contributed by atoms with E-state index in [2.05, 4.69) is 52.3 Å². The molecule has 5 saturated carbocycles. The molecular formula is C73H99N5O13S2. The Morgan fingerprint density at radius 1 is 0.925 bits per heavy atom. The van der Waals surface area contributed by atoms with Gasteiger partial charge in [0.25, 0.3) is 0 Å². The van der Waals surface area contributed by atoms with Gasteiger partial charge in [-0.1, -0.05) is 96.6 Å². The van der Waals surface area contributed by atoms with E-state index < -0.39 is 136 Å². The number of nitrogens with one attached hydrogen (secondary N) is 2. The molecule has 7 fully saturated rings. The largest absolute Gasteiger partial charge is 0.508 e. The number of aromatic nitrogens is 1. The lowest BCUT2D eigenvalue weighted by Crippen LogP contribution is -2.69. The minimum atomic E-state index is -2.14. The normalized spacial score (nSPS) is 44.3. The van der Waals surface area contributed by atoms with Crippen LogP contribution < -0.4 is 16.8 Å². The van der Waals surface area contributed by atoms with Crippen molar-refractivity contribution in [2.75, 3.05) is 24.7 Å². The molecular weight excluding hydrogens is 1220 g/mol. The Balaban J connectivity index is 1.03. The number of hydrogen-bond donors (Lipinski definition) is 13. The first-order valence-corrected chi connectivity index (χ1v) is 37.4. The van der Waals surface area contributed by atoms with Crippen molar-refractivity contribution in [3.63, 3.8) is 0 Å². The molecule has 2 saturated heterocycles. The van der Waals surface area contributed by atoms with Crippen LogP contribution in [0.1, 0.15) is 153 Å². The van der Waals surface area contributed by atoms with Gasteiger partial charge >= 0.3 is 5.97 Å². The molecule has 3 heterocycles. The lowest BCUT2D eigenvalue weighted by atomic mass is 9.39. The maximum Gasteiger partial charge on any atom is 0.314 e. The lowest BCUT2D eigenvalue weighted by molar-refractivity contribution is -0.209. The zero-order chi connectivity index (χ0) is 65.6. The van der Waals surface area contributed by atoms with E-state index in [1.807, 2.05) is 19.2 Å². The van der Waals surface area contributed by atoms with Gasteiger partial charge in [0, 0.05) is 90.1 Å². The molecule has 1 aromatic carbocycles. The molecule has 506 valence electrons. The second-order valence-corrected chi connectivity index (χ2v) is 33.2. The molecule has 11 aliphatic rings. The van der Waals surface area contributed by atoms with Crippen molar-refractivity contribution in [3.05, 3.63) is 88.9 Å². The van der Waals surface area contributed by atoms with Crippen LogP contribution in [0.3, 0.4) is 0 Å². The first-order chi connectivity index (χ1) is 44.6. The fourth-order valence-electron chi connectivity index (χ4n) is 22.4. The van der Waals surface area contributed by atoms with Gasteiger partial charge in [0.2, 0.25) is 0 Å². The minimum absolute atomic E-state index is 0.0181. The average molecular weight is 1320 g/mol. The summed E-state index contributed by atoms with van der Waals surface area (Å²) in [6.45, 7) is 5.12. The van der Waals surface area contributed by atoms with Crippen LogP contribution in [0.15, 0.2) is 82.8 Å². The van der Waals surface area contributed by atoms with Gasteiger partial charge in [-0.05, 0) is 178 Å². The number of aliphatic imine (C=N–C) groups is 1. The van der Waals surface area contributed by atoms with E-state index >= 15 is 14.7 Å². The molecule has 9 aliphatic carbocycles. The number of esters is 1. The number of benzene rings is 1. The number of aromatic amines is 1. The number of aromatic hydroxyl groups is 1. The Hall–Kier alpha value is -4.66. The highest BCUT2D eigenvalue weighted by Gasteiger charge is 2.76. The number of cyclic esters (lactones) is 1. The van der Waals surface area contributed by atoms with Crippen LogP contribution in [0.25, 0.3) is 0 Å². The maximum atomic E-state index is 16.9. The third kappa shape index (κ3) is 11.3. The number of aliphatic hydroxyl groups is 8. The second kappa shape index (κ2) is 26.3. The number of ether oxygens (including phenoxy) is 1. The molecule has 0 unspecified atom stereocenters. The highest BCUT2D eigenvalue weighted by Crippen LogP contribution is 2.75. The molecule has 6 bridgehead atoms. The molecule has 0 spiro atoms. The monoisotopic (exact) mass is 1320 g/mol. The van der Waals surface area contributed by atoms with Crippen molar-refractivity contribution in [1.82, 2.24) is 10.3 Å². The number of carbonyl (C=O) groups excluding carboxylic acids is 3. The molecule has 15 N–H and O–H groups in total. The molecule has 2 aromatic rings.